The van der Waals surface area contributed by atoms with Crippen LogP contribution in [0.15, 0.2) is 33.8 Å². The number of nitrogens with one attached hydrogen (secondary N) is 2. The molecule has 2 aromatic heterocycles. The van der Waals surface area contributed by atoms with Gasteiger partial charge in [0.2, 0.25) is 0 Å². The molecule has 0 spiro atoms. The van der Waals surface area contributed by atoms with Crippen molar-refractivity contribution in [3.05, 3.63) is 50.6 Å². The van der Waals surface area contributed by atoms with Gasteiger partial charge in [-0.1, -0.05) is 0 Å². The average Bonchev–Trinajstić information content (AvgIpc) is 2.93. The van der Waals surface area contributed by atoms with E-state index in [2.05, 4.69) is 20.9 Å². The third kappa shape index (κ3) is 3.52. The van der Waals surface area contributed by atoms with Crippen LogP contribution >= 0.6 is 11.3 Å². The van der Waals surface area contributed by atoms with E-state index in [1.54, 1.807) is 11.3 Å². The van der Waals surface area contributed by atoms with Crippen molar-refractivity contribution in [1.29, 1.82) is 0 Å². The van der Waals surface area contributed by atoms with Gasteiger partial charge in [0, 0.05) is 12.6 Å². The van der Waals surface area contributed by atoms with E-state index in [1.165, 1.54) is 12.1 Å². The Morgan fingerprint density at radius 3 is 2.80 bits per heavy atom. The Morgan fingerprint density at radius 1 is 1.45 bits per heavy atom. The van der Waals surface area contributed by atoms with E-state index in [-0.39, 0.29) is 23.2 Å². The molecule has 2 N–H and O–H groups in total. The largest absolute Gasteiger partial charge is 0.349 e. The minimum absolute atomic E-state index is 0.105. The first-order chi connectivity index (χ1) is 9.58. The number of amides is 1. The van der Waals surface area contributed by atoms with Crippen LogP contribution in [0.4, 0.5) is 0 Å². The lowest BCUT2D eigenvalue weighted by Gasteiger charge is -2.23. The lowest BCUT2D eigenvalue weighted by Crippen LogP contribution is -2.35. The molecule has 2 heterocycles. The zero-order chi connectivity index (χ0) is 14.5. The van der Waals surface area contributed by atoms with Gasteiger partial charge in [0.15, 0.2) is 0 Å². The van der Waals surface area contributed by atoms with E-state index >= 15 is 0 Å². The van der Waals surface area contributed by atoms with Gasteiger partial charge in [0.1, 0.15) is 5.69 Å². The van der Waals surface area contributed by atoms with Crippen molar-refractivity contribution in [2.45, 2.75) is 6.04 Å². The molecule has 20 heavy (non-hydrogen) atoms. The Labute approximate surface area is 120 Å². The number of H-pyrrole nitrogens is 1. The van der Waals surface area contributed by atoms with Gasteiger partial charge in [0.05, 0.1) is 6.04 Å². The van der Waals surface area contributed by atoms with E-state index in [4.69, 9.17) is 0 Å². The molecular formula is C13H16N4O2S. The number of thiophene rings is 1. The van der Waals surface area contributed by atoms with Gasteiger partial charge < -0.3 is 10.2 Å². The van der Waals surface area contributed by atoms with Crippen LogP contribution in [-0.4, -0.2) is 41.6 Å². The molecule has 0 aromatic carbocycles. The van der Waals surface area contributed by atoms with E-state index in [9.17, 15) is 9.59 Å². The molecule has 0 saturated carbocycles. The Morgan fingerprint density at radius 2 is 2.25 bits per heavy atom. The van der Waals surface area contributed by atoms with Crippen LogP contribution in [0.1, 0.15) is 22.1 Å². The topological polar surface area (TPSA) is 78.1 Å². The van der Waals surface area contributed by atoms with Crippen molar-refractivity contribution in [2.24, 2.45) is 0 Å². The van der Waals surface area contributed by atoms with Gasteiger partial charge in [-0.3, -0.25) is 9.59 Å². The molecule has 7 heteroatoms. The summed E-state index contributed by atoms with van der Waals surface area (Å²) in [6.07, 6.45) is 0. The Hall–Kier alpha value is -1.99. The maximum absolute atomic E-state index is 11.9. The monoisotopic (exact) mass is 292 g/mol. The van der Waals surface area contributed by atoms with Crippen LogP contribution in [0.3, 0.4) is 0 Å². The second-order valence-corrected chi connectivity index (χ2v) is 5.33. The molecule has 6 nitrogen and oxygen atoms in total. The van der Waals surface area contributed by atoms with Gasteiger partial charge in [-0.2, -0.15) is 16.4 Å². The Kier molecular flexibility index (Phi) is 4.65. The SMILES string of the molecule is CN(C)C(CNC(=O)c1ccc(=O)[nH]n1)c1ccsc1. The summed E-state index contributed by atoms with van der Waals surface area (Å²) in [6.45, 7) is 0.476. The molecule has 106 valence electrons. The second-order valence-electron chi connectivity index (χ2n) is 4.55. The van der Waals surface area contributed by atoms with E-state index < -0.39 is 0 Å². The standard InChI is InChI=1S/C13H16N4O2S/c1-17(2)11(9-5-6-20-8-9)7-14-13(19)10-3-4-12(18)16-15-10/h3-6,8,11H,7H2,1-2H3,(H,14,19)(H,16,18). The highest BCUT2D eigenvalue weighted by Gasteiger charge is 2.16. The first-order valence-electron chi connectivity index (χ1n) is 6.10. The summed E-state index contributed by atoms with van der Waals surface area (Å²) in [4.78, 5) is 24.9. The number of aromatic nitrogens is 2. The third-order valence-corrected chi connectivity index (χ3v) is 3.62. The highest BCUT2D eigenvalue weighted by atomic mass is 32.1. The van der Waals surface area contributed by atoms with Crippen LogP contribution in [-0.2, 0) is 0 Å². The molecule has 0 fully saturated rings. The molecule has 0 bridgehead atoms. The lowest BCUT2D eigenvalue weighted by atomic mass is 10.1. The first kappa shape index (κ1) is 14.4. The summed E-state index contributed by atoms with van der Waals surface area (Å²) >= 11 is 1.63. The minimum Gasteiger partial charge on any atom is -0.349 e. The quantitative estimate of drug-likeness (QED) is 0.857. The molecule has 2 rings (SSSR count). The summed E-state index contributed by atoms with van der Waals surface area (Å²) in [5.74, 6) is -0.302. The number of nitrogens with zero attached hydrogens (tertiary/aromatic N) is 2. The average molecular weight is 292 g/mol. The Bertz CT molecular complexity index is 601. The van der Waals surface area contributed by atoms with Crippen molar-refractivity contribution >= 4 is 17.2 Å². The predicted octanol–water partition coefficient (Wildman–Crippen LogP) is 0.864. The smallest absolute Gasteiger partial charge is 0.271 e. The van der Waals surface area contributed by atoms with Gasteiger partial charge in [0.25, 0.3) is 11.5 Å². The van der Waals surface area contributed by atoms with Crippen LogP contribution in [0.2, 0.25) is 0 Å². The molecule has 1 atom stereocenters. The highest BCUT2D eigenvalue weighted by Crippen LogP contribution is 2.19. The number of aromatic amines is 1. The molecule has 0 aliphatic heterocycles. The minimum atomic E-state index is -0.328. The number of hydrogen-bond donors (Lipinski definition) is 2. The fourth-order valence-electron chi connectivity index (χ4n) is 1.81. The van der Waals surface area contributed by atoms with Crippen LogP contribution in [0.5, 0.6) is 0 Å². The van der Waals surface area contributed by atoms with Crippen molar-refractivity contribution in [3.8, 4) is 0 Å². The van der Waals surface area contributed by atoms with Crippen LogP contribution < -0.4 is 10.9 Å². The summed E-state index contributed by atoms with van der Waals surface area (Å²) in [7, 11) is 3.93. The molecular weight excluding hydrogens is 276 g/mol. The maximum atomic E-state index is 11.9. The van der Waals surface area contributed by atoms with Gasteiger partial charge in [-0.25, -0.2) is 5.10 Å². The summed E-state index contributed by atoms with van der Waals surface area (Å²) in [6, 6.07) is 4.83. The molecule has 0 radical (unpaired) electrons. The number of carbonyl (C=O) groups excluding carboxylic acids is 1. The molecule has 0 aliphatic carbocycles. The fraction of sp³-hybridized carbons (Fsp3) is 0.308. The van der Waals surface area contributed by atoms with E-state index in [0.29, 0.717) is 6.54 Å². The zero-order valence-corrected chi connectivity index (χ0v) is 12.1. The molecule has 1 amide bonds. The van der Waals surface area contributed by atoms with Crippen molar-refractivity contribution in [1.82, 2.24) is 20.4 Å². The molecule has 0 saturated heterocycles. The number of carbonyl (C=O) groups is 1. The number of likely N-dealkylation sites (N-methyl/N-ethyl adjacent to an activating group) is 1. The maximum Gasteiger partial charge on any atom is 0.271 e. The lowest BCUT2D eigenvalue weighted by molar-refractivity contribution is 0.0936. The molecule has 1 unspecified atom stereocenters. The first-order valence-corrected chi connectivity index (χ1v) is 7.04. The van der Waals surface area contributed by atoms with Crippen LogP contribution in [0.25, 0.3) is 0 Å². The summed E-state index contributed by atoms with van der Waals surface area (Å²) in [5.41, 5.74) is 1.04. The van der Waals surface area contributed by atoms with Crippen molar-refractivity contribution < 1.29 is 4.79 Å². The number of rotatable bonds is 5. The fourth-order valence-corrected chi connectivity index (χ4v) is 2.52. The second kappa shape index (κ2) is 6.44. The summed E-state index contributed by atoms with van der Waals surface area (Å²) in [5, 5.41) is 12.8. The molecule has 2 aromatic rings. The summed E-state index contributed by atoms with van der Waals surface area (Å²) < 4.78 is 0. The normalized spacial score (nSPS) is 12.3. The zero-order valence-electron chi connectivity index (χ0n) is 11.3. The Balaban J connectivity index is 2.01. The van der Waals surface area contributed by atoms with Crippen LogP contribution in [0, 0.1) is 0 Å². The van der Waals surface area contributed by atoms with E-state index in [1.807, 2.05) is 30.4 Å². The van der Waals surface area contributed by atoms with Crippen molar-refractivity contribution in [2.75, 3.05) is 20.6 Å². The number of hydrogen-bond acceptors (Lipinski definition) is 5. The predicted molar refractivity (Wildman–Crippen MR) is 77.9 cm³/mol. The van der Waals surface area contributed by atoms with Crippen molar-refractivity contribution in [3.63, 3.8) is 0 Å². The molecule has 0 aliphatic rings. The van der Waals surface area contributed by atoms with E-state index in [0.717, 1.165) is 5.56 Å². The third-order valence-electron chi connectivity index (χ3n) is 2.92. The van der Waals surface area contributed by atoms with Gasteiger partial charge >= 0.3 is 0 Å². The highest BCUT2D eigenvalue weighted by molar-refractivity contribution is 7.07. The van der Waals surface area contributed by atoms with Gasteiger partial charge in [-0.15, -0.1) is 0 Å². The van der Waals surface area contributed by atoms with Gasteiger partial charge in [-0.05, 0) is 42.6 Å².